The summed E-state index contributed by atoms with van der Waals surface area (Å²) in [5.41, 5.74) is 1.28. The fourth-order valence-corrected chi connectivity index (χ4v) is 7.48. The largest absolute Gasteiger partial charge is 0.361 e. The Hall–Kier alpha value is -1.64. The first-order valence-electron chi connectivity index (χ1n) is 12.8. The van der Waals surface area contributed by atoms with Crippen molar-refractivity contribution in [1.82, 2.24) is 9.55 Å². The Balaban J connectivity index is 1.57. The molecule has 3 aliphatic rings. The Bertz CT molecular complexity index is 990. The highest BCUT2D eigenvalue weighted by Gasteiger charge is 2.59. The minimum atomic E-state index is -1.09. The van der Waals surface area contributed by atoms with Gasteiger partial charge in [0.05, 0.1) is 5.41 Å². The summed E-state index contributed by atoms with van der Waals surface area (Å²) in [5.74, 6) is 8.88. The predicted molar refractivity (Wildman–Crippen MR) is 136 cm³/mol. The highest BCUT2D eigenvalue weighted by Crippen LogP contribution is 2.65. The minimum Gasteiger partial charge on any atom is -0.361 e. The maximum atomic E-state index is 12.8. The molecule has 4 nitrogen and oxygen atoms in total. The Morgan fingerprint density at radius 3 is 2.76 bits per heavy atom. The van der Waals surface area contributed by atoms with Gasteiger partial charge in [-0.15, -0.1) is 0 Å². The van der Waals surface area contributed by atoms with Crippen LogP contribution < -0.4 is 0 Å². The van der Waals surface area contributed by atoms with Crippen LogP contribution in [-0.2, 0) is 16.3 Å². The summed E-state index contributed by atoms with van der Waals surface area (Å²) < 4.78 is 8.00. The number of hydrogen-bond donors (Lipinski definition) is 0. The average Bonchev–Trinajstić information content (AvgIpc) is 3.20. The number of allylic oxidation sites excluding steroid dienone is 2. The van der Waals surface area contributed by atoms with Gasteiger partial charge in [0, 0.05) is 38.9 Å². The van der Waals surface area contributed by atoms with Crippen LogP contribution in [0.2, 0.25) is 25.7 Å². The second-order valence-corrected chi connectivity index (χ2v) is 18.2. The van der Waals surface area contributed by atoms with Crippen molar-refractivity contribution in [2.24, 2.45) is 22.2 Å². The molecule has 0 unspecified atom stereocenters. The van der Waals surface area contributed by atoms with E-state index < -0.39 is 8.07 Å². The Morgan fingerprint density at radius 1 is 1.21 bits per heavy atom. The van der Waals surface area contributed by atoms with E-state index in [9.17, 15) is 4.79 Å². The maximum absolute atomic E-state index is 12.8. The second-order valence-electron chi connectivity index (χ2n) is 12.6. The Morgan fingerprint density at radius 2 is 2.00 bits per heavy atom. The number of Topliss-reactive ketones (excluding diaryl/α,β-unsaturated/α-hetero) is 1. The number of imidazole rings is 1. The first-order chi connectivity index (χ1) is 15.5. The fourth-order valence-electron chi connectivity index (χ4n) is 6.72. The van der Waals surface area contributed by atoms with E-state index >= 15 is 0 Å². The van der Waals surface area contributed by atoms with Crippen molar-refractivity contribution in [3.63, 3.8) is 0 Å². The molecule has 0 saturated heterocycles. The van der Waals surface area contributed by atoms with Crippen molar-refractivity contribution in [2.45, 2.75) is 98.1 Å². The normalized spacial score (nSPS) is 31.2. The molecule has 0 aromatic carbocycles. The van der Waals surface area contributed by atoms with Gasteiger partial charge >= 0.3 is 0 Å². The predicted octanol–water partition coefficient (Wildman–Crippen LogP) is 6.45. The van der Waals surface area contributed by atoms with Crippen molar-refractivity contribution in [3.8, 4) is 11.8 Å². The molecule has 1 heterocycles. The third-order valence-corrected chi connectivity index (χ3v) is 10.4. The number of nitrogens with zero attached hydrogens (tertiary/aromatic N) is 2. The number of hydrogen-bond acceptors (Lipinski definition) is 3. The number of carbonyl (C=O) groups is 1. The summed E-state index contributed by atoms with van der Waals surface area (Å²) in [7, 11) is -1.09. The van der Waals surface area contributed by atoms with Crippen LogP contribution in [0, 0.1) is 34.0 Å². The number of fused-ring (bicyclic) bond motifs is 3. The Labute approximate surface area is 201 Å². The zero-order chi connectivity index (χ0) is 23.9. The van der Waals surface area contributed by atoms with Crippen molar-refractivity contribution >= 4 is 13.9 Å². The molecule has 0 N–H and O–H groups in total. The van der Waals surface area contributed by atoms with Crippen molar-refractivity contribution in [3.05, 3.63) is 29.9 Å². The fraction of sp³-hybridized carbons (Fsp3) is 0.714. The van der Waals surface area contributed by atoms with Gasteiger partial charge in [0.1, 0.15) is 12.5 Å². The lowest BCUT2D eigenvalue weighted by atomic mass is 9.44. The number of ketones is 1. The van der Waals surface area contributed by atoms with E-state index in [1.54, 1.807) is 0 Å². The summed E-state index contributed by atoms with van der Waals surface area (Å²) in [5, 5.41) is 0. The molecule has 5 heteroatoms. The van der Waals surface area contributed by atoms with E-state index in [4.69, 9.17) is 4.74 Å². The molecule has 0 bridgehead atoms. The number of aromatic nitrogens is 2. The van der Waals surface area contributed by atoms with Crippen LogP contribution in [0.5, 0.6) is 0 Å². The van der Waals surface area contributed by atoms with Crippen molar-refractivity contribution in [1.29, 1.82) is 0 Å². The molecule has 180 valence electrons. The summed E-state index contributed by atoms with van der Waals surface area (Å²) in [4.78, 5) is 17.3. The van der Waals surface area contributed by atoms with Gasteiger partial charge < -0.3 is 9.30 Å². The van der Waals surface area contributed by atoms with E-state index in [0.717, 1.165) is 44.5 Å². The van der Waals surface area contributed by atoms with E-state index in [2.05, 4.69) is 63.3 Å². The molecule has 3 atom stereocenters. The molecule has 4 rings (SSSR count). The lowest BCUT2D eigenvalue weighted by molar-refractivity contribution is -0.141. The highest BCUT2D eigenvalue weighted by molar-refractivity contribution is 6.76. The zero-order valence-electron chi connectivity index (χ0n) is 21.6. The van der Waals surface area contributed by atoms with Gasteiger partial charge in [0.25, 0.3) is 0 Å². The summed E-state index contributed by atoms with van der Waals surface area (Å²) >= 11 is 0. The average molecular weight is 467 g/mol. The van der Waals surface area contributed by atoms with Gasteiger partial charge in [0.15, 0.2) is 5.82 Å². The molecule has 1 aromatic heterocycles. The zero-order valence-corrected chi connectivity index (χ0v) is 22.6. The molecule has 33 heavy (non-hydrogen) atoms. The number of ether oxygens (including phenoxy) is 1. The molecular weight excluding hydrogens is 424 g/mol. The van der Waals surface area contributed by atoms with Crippen LogP contribution in [0.4, 0.5) is 0 Å². The summed E-state index contributed by atoms with van der Waals surface area (Å²) in [6.07, 6.45) is 13.5. The van der Waals surface area contributed by atoms with Crippen LogP contribution in [0.25, 0.3) is 0 Å². The first kappa shape index (κ1) is 24.5. The molecule has 0 radical (unpaired) electrons. The highest BCUT2D eigenvalue weighted by atomic mass is 28.3. The molecule has 1 aromatic rings. The number of carbonyl (C=O) groups excluding carboxylic acids is 1. The van der Waals surface area contributed by atoms with E-state index in [-0.39, 0.29) is 16.2 Å². The minimum absolute atomic E-state index is 0.0696. The lowest BCUT2D eigenvalue weighted by Crippen LogP contribution is -2.54. The van der Waals surface area contributed by atoms with Crippen LogP contribution in [0.15, 0.2) is 24.0 Å². The first-order valence-corrected chi connectivity index (χ1v) is 16.6. The second kappa shape index (κ2) is 8.85. The monoisotopic (exact) mass is 466 g/mol. The smallest absolute Gasteiger partial charge is 0.187 e. The lowest BCUT2D eigenvalue weighted by Gasteiger charge is -2.59. The number of rotatable bonds is 5. The van der Waals surface area contributed by atoms with Crippen LogP contribution in [0.3, 0.4) is 0 Å². The van der Waals surface area contributed by atoms with Gasteiger partial charge in [0.2, 0.25) is 0 Å². The molecule has 3 aliphatic carbocycles. The SMILES string of the molecule is CC1(C)C(=O)CC[C@]2(C)C3=CCCC[C@]3(C#Cc3nccn3COCC[Si](C)(C)C)CC[C@@H]12. The van der Waals surface area contributed by atoms with Gasteiger partial charge in [-0.1, -0.05) is 52.4 Å². The molecule has 0 aliphatic heterocycles. The third-order valence-electron chi connectivity index (χ3n) is 8.73. The third kappa shape index (κ3) is 4.66. The van der Waals surface area contributed by atoms with Crippen LogP contribution in [-0.4, -0.2) is 30.0 Å². The van der Waals surface area contributed by atoms with Crippen molar-refractivity contribution in [2.75, 3.05) is 6.61 Å². The standard InChI is InChI=1S/C28H42N2O2Si/c1-26(2)22-10-15-28(13-8-7-9-23(28)27(22,3)14-11-24(26)31)16-12-25-29-17-18-30(25)21-32-19-20-33(4,5)6/h9,17-18,22H,7-8,10-11,13-15,19-21H2,1-6H3/t22-,27-,28+/m0/s1. The summed E-state index contributed by atoms with van der Waals surface area (Å²) in [6, 6.07) is 1.17. The maximum Gasteiger partial charge on any atom is 0.187 e. The van der Waals surface area contributed by atoms with Crippen LogP contribution >= 0.6 is 0 Å². The molecular formula is C28H42N2O2Si. The molecule has 2 saturated carbocycles. The van der Waals surface area contributed by atoms with E-state index in [1.807, 2.05) is 17.0 Å². The van der Waals surface area contributed by atoms with E-state index in [0.29, 0.717) is 24.9 Å². The summed E-state index contributed by atoms with van der Waals surface area (Å²) in [6.45, 7) is 15.2. The Kier molecular flexibility index (Phi) is 6.57. The molecule has 0 amide bonds. The van der Waals surface area contributed by atoms with Gasteiger partial charge in [-0.3, -0.25) is 4.79 Å². The van der Waals surface area contributed by atoms with E-state index in [1.165, 1.54) is 18.0 Å². The quantitative estimate of drug-likeness (QED) is 0.217. The van der Waals surface area contributed by atoms with Crippen LogP contribution in [0.1, 0.15) is 71.5 Å². The molecule has 0 spiro atoms. The van der Waals surface area contributed by atoms with Gasteiger partial charge in [-0.2, -0.15) is 0 Å². The van der Waals surface area contributed by atoms with Crippen molar-refractivity contribution < 1.29 is 9.53 Å². The molecule has 2 fully saturated rings. The van der Waals surface area contributed by atoms with Gasteiger partial charge in [-0.25, -0.2) is 4.98 Å². The topological polar surface area (TPSA) is 44.1 Å². The van der Waals surface area contributed by atoms with Gasteiger partial charge in [-0.05, 0) is 67.4 Å².